The van der Waals surface area contributed by atoms with Crippen LogP contribution in [-0.4, -0.2) is 68.5 Å². The SMILES string of the molecule is CNC(=S)N(CCC[NH+]1CCOCC1)Cc1cc2ccc(OC)cc2[nH]c1=O. The summed E-state index contributed by atoms with van der Waals surface area (Å²) in [5, 5.41) is 4.68. The number of hydrogen-bond donors (Lipinski definition) is 3. The van der Waals surface area contributed by atoms with Gasteiger partial charge in [-0.1, -0.05) is 0 Å². The number of ether oxygens (including phenoxy) is 2. The van der Waals surface area contributed by atoms with Gasteiger partial charge in [-0.15, -0.1) is 0 Å². The quantitative estimate of drug-likeness (QED) is 0.570. The third-order valence-electron chi connectivity index (χ3n) is 5.15. The van der Waals surface area contributed by atoms with E-state index in [0.717, 1.165) is 62.5 Å². The Balaban J connectivity index is 1.70. The molecule has 2 heterocycles. The van der Waals surface area contributed by atoms with Crippen LogP contribution in [0, 0.1) is 0 Å². The number of morpholine rings is 1. The van der Waals surface area contributed by atoms with Crippen LogP contribution in [0.4, 0.5) is 0 Å². The van der Waals surface area contributed by atoms with Crippen molar-refractivity contribution in [3.63, 3.8) is 0 Å². The van der Waals surface area contributed by atoms with Crippen molar-refractivity contribution >= 4 is 28.2 Å². The number of fused-ring (bicyclic) bond motifs is 1. The van der Waals surface area contributed by atoms with Gasteiger partial charge in [0.15, 0.2) is 5.11 Å². The summed E-state index contributed by atoms with van der Waals surface area (Å²) in [5.41, 5.74) is 1.38. The standard InChI is InChI=1S/C20H28N4O3S/c1-21-20(28)24(7-3-6-23-8-10-27-11-9-23)14-16-12-15-4-5-17(26-2)13-18(15)22-19(16)25/h4-5,12-13H,3,6-11,14H2,1-2H3,(H,21,28)(H,22,25)/p+1. The topological polar surface area (TPSA) is 71.0 Å². The van der Waals surface area contributed by atoms with Gasteiger partial charge in [0.2, 0.25) is 0 Å². The van der Waals surface area contributed by atoms with Crippen molar-refractivity contribution in [2.24, 2.45) is 0 Å². The maximum absolute atomic E-state index is 12.6. The predicted molar refractivity (Wildman–Crippen MR) is 114 cm³/mol. The minimum Gasteiger partial charge on any atom is -0.497 e. The summed E-state index contributed by atoms with van der Waals surface area (Å²) in [7, 11) is 3.43. The van der Waals surface area contributed by atoms with E-state index >= 15 is 0 Å². The average Bonchev–Trinajstić information content (AvgIpc) is 2.73. The van der Waals surface area contributed by atoms with Crippen LogP contribution in [0.5, 0.6) is 5.75 Å². The maximum atomic E-state index is 12.6. The first-order valence-corrected chi connectivity index (χ1v) is 10.1. The zero-order valence-electron chi connectivity index (χ0n) is 16.5. The van der Waals surface area contributed by atoms with Crippen molar-refractivity contribution in [2.75, 3.05) is 53.6 Å². The Kier molecular flexibility index (Phi) is 7.24. The van der Waals surface area contributed by atoms with Gasteiger partial charge in [-0.2, -0.15) is 0 Å². The zero-order valence-corrected chi connectivity index (χ0v) is 17.4. The molecule has 0 amide bonds. The number of benzene rings is 1. The lowest BCUT2D eigenvalue weighted by Crippen LogP contribution is -3.14. The molecule has 0 saturated carbocycles. The van der Waals surface area contributed by atoms with E-state index in [-0.39, 0.29) is 5.56 Å². The van der Waals surface area contributed by atoms with Crippen molar-refractivity contribution in [2.45, 2.75) is 13.0 Å². The first kappa shape index (κ1) is 20.6. The van der Waals surface area contributed by atoms with E-state index in [1.807, 2.05) is 31.3 Å². The van der Waals surface area contributed by atoms with Gasteiger partial charge in [-0.3, -0.25) is 4.79 Å². The molecule has 0 unspecified atom stereocenters. The summed E-state index contributed by atoms with van der Waals surface area (Å²) in [6.45, 7) is 6.17. The van der Waals surface area contributed by atoms with Crippen molar-refractivity contribution in [3.05, 3.63) is 40.2 Å². The van der Waals surface area contributed by atoms with E-state index in [4.69, 9.17) is 21.7 Å². The number of hydrogen-bond acceptors (Lipinski definition) is 4. The summed E-state index contributed by atoms with van der Waals surface area (Å²) in [4.78, 5) is 19.2. The molecule has 0 atom stereocenters. The molecule has 2 aromatic rings. The Hall–Kier alpha value is -2.16. The van der Waals surface area contributed by atoms with Gasteiger partial charge in [0.05, 0.1) is 38.9 Å². The first-order chi connectivity index (χ1) is 13.6. The minimum atomic E-state index is -0.0940. The second kappa shape index (κ2) is 9.86. The zero-order chi connectivity index (χ0) is 19.9. The Labute approximate surface area is 170 Å². The highest BCUT2D eigenvalue weighted by Crippen LogP contribution is 2.19. The summed E-state index contributed by atoms with van der Waals surface area (Å²) >= 11 is 5.48. The molecule has 7 nitrogen and oxygen atoms in total. The van der Waals surface area contributed by atoms with Crippen molar-refractivity contribution in [1.29, 1.82) is 0 Å². The number of pyridine rings is 1. The molecule has 28 heavy (non-hydrogen) atoms. The molecule has 3 rings (SSSR count). The van der Waals surface area contributed by atoms with E-state index < -0.39 is 0 Å². The van der Waals surface area contributed by atoms with Gasteiger partial charge in [0, 0.05) is 31.6 Å². The van der Waals surface area contributed by atoms with Crippen LogP contribution in [-0.2, 0) is 11.3 Å². The van der Waals surface area contributed by atoms with Crippen molar-refractivity contribution < 1.29 is 14.4 Å². The predicted octanol–water partition coefficient (Wildman–Crippen LogP) is 0.148. The second-order valence-electron chi connectivity index (χ2n) is 7.02. The van der Waals surface area contributed by atoms with E-state index in [0.29, 0.717) is 17.2 Å². The molecule has 0 bridgehead atoms. The molecule has 1 fully saturated rings. The molecule has 8 heteroatoms. The second-order valence-corrected chi connectivity index (χ2v) is 7.41. The maximum Gasteiger partial charge on any atom is 0.253 e. The molecule has 0 aliphatic carbocycles. The molecule has 1 saturated heterocycles. The summed E-state index contributed by atoms with van der Waals surface area (Å²) in [6, 6.07) is 7.62. The normalized spacial score (nSPS) is 14.8. The van der Waals surface area contributed by atoms with Crippen LogP contribution < -0.4 is 20.5 Å². The lowest BCUT2D eigenvalue weighted by Gasteiger charge is -2.27. The molecule has 0 spiro atoms. The van der Waals surface area contributed by atoms with E-state index in [2.05, 4.69) is 15.2 Å². The number of H-pyrrole nitrogens is 1. The number of nitrogens with one attached hydrogen (secondary N) is 3. The van der Waals surface area contributed by atoms with Gasteiger partial charge in [-0.05, 0) is 35.8 Å². The Morgan fingerprint density at radius 2 is 2.14 bits per heavy atom. The van der Waals surface area contributed by atoms with Gasteiger partial charge in [0.25, 0.3) is 5.56 Å². The van der Waals surface area contributed by atoms with Crippen LogP contribution in [0.3, 0.4) is 0 Å². The molecule has 0 radical (unpaired) electrons. The highest BCUT2D eigenvalue weighted by atomic mass is 32.1. The molecule has 1 aromatic carbocycles. The lowest BCUT2D eigenvalue weighted by atomic mass is 10.1. The van der Waals surface area contributed by atoms with Crippen molar-refractivity contribution in [3.8, 4) is 5.75 Å². The molecule has 1 aliphatic rings. The Morgan fingerprint density at radius 1 is 1.36 bits per heavy atom. The van der Waals surface area contributed by atoms with Crippen LogP contribution >= 0.6 is 12.2 Å². The number of quaternary nitrogens is 1. The fourth-order valence-electron chi connectivity index (χ4n) is 3.52. The molecule has 1 aliphatic heterocycles. The van der Waals surface area contributed by atoms with Crippen LogP contribution in [0.1, 0.15) is 12.0 Å². The van der Waals surface area contributed by atoms with Gasteiger partial charge < -0.3 is 29.6 Å². The average molecular weight is 406 g/mol. The van der Waals surface area contributed by atoms with Crippen LogP contribution in [0.15, 0.2) is 29.1 Å². The van der Waals surface area contributed by atoms with Crippen molar-refractivity contribution in [1.82, 2.24) is 15.2 Å². The van der Waals surface area contributed by atoms with E-state index in [9.17, 15) is 4.79 Å². The molecule has 152 valence electrons. The number of aromatic nitrogens is 1. The fraction of sp³-hybridized carbons (Fsp3) is 0.500. The summed E-state index contributed by atoms with van der Waals surface area (Å²) in [6.07, 6.45) is 1.01. The molecular formula is C20H29N4O3S+. The smallest absolute Gasteiger partial charge is 0.253 e. The molecule has 1 aromatic heterocycles. The van der Waals surface area contributed by atoms with E-state index in [1.165, 1.54) is 0 Å². The molecular weight excluding hydrogens is 376 g/mol. The molecule has 3 N–H and O–H groups in total. The third kappa shape index (κ3) is 5.21. The third-order valence-corrected chi connectivity index (χ3v) is 5.61. The van der Waals surface area contributed by atoms with E-state index in [1.54, 1.807) is 12.0 Å². The lowest BCUT2D eigenvalue weighted by molar-refractivity contribution is -0.908. The highest BCUT2D eigenvalue weighted by Gasteiger charge is 2.16. The fourth-order valence-corrected chi connectivity index (χ4v) is 3.67. The van der Waals surface area contributed by atoms with Gasteiger partial charge in [0.1, 0.15) is 18.8 Å². The number of aromatic amines is 1. The monoisotopic (exact) mass is 405 g/mol. The van der Waals surface area contributed by atoms with Gasteiger partial charge in [-0.25, -0.2) is 0 Å². The number of rotatable bonds is 7. The Morgan fingerprint density at radius 3 is 2.86 bits per heavy atom. The number of thiocarbonyl (C=S) groups is 1. The van der Waals surface area contributed by atoms with Crippen LogP contribution in [0.25, 0.3) is 10.9 Å². The summed E-state index contributed by atoms with van der Waals surface area (Å²) in [5.74, 6) is 0.722. The van der Waals surface area contributed by atoms with Crippen LogP contribution in [0.2, 0.25) is 0 Å². The highest BCUT2D eigenvalue weighted by molar-refractivity contribution is 7.80. The van der Waals surface area contributed by atoms with Gasteiger partial charge >= 0.3 is 0 Å². The number of nitrogens with zero attached hydrogens (tertiary/aromatic N) is 1. The minimum absolute atomic E-state index is 0.0940. The Bertz CT molecular complexity index is 864. The first-order valence-electron chi connectivity index (χ1n) is 9.68. The number of methoxy groups -OCH3 is 1. The largest absolute Gasteiger partial charge is 0.497 e. The summed E-state index contributed by atoms with van der Waals surface area (Å²) < 4.78 is 10.6.